The molecule has 4 rings (SSSR count). The van der Waals surface area contributed by atoms with Crippen molar-refractivity contribution in [2.75, 3.05) is 5.32 Å². The molecule has 2 saturated carbocycles. The molecule has 1 aromatic heterocycles. The number of nitrogens with zero attached hydrogens (tertiary/aromatic N) is 1. The first-order valence-electron chi connectivity index (χ1n) is 7.59. The van der Waals surface area contributed by atoms with Crippen LogP contribution in [0.1, 0.15) is 30.7 Å². The van der Waals surface area contributed by atoms with E-state index in [2.05, 4.69) is 46.9 Å². The Morgan fingerprint density at radius 3 is 2.25 bits per heavy atom. The number of hydrogen-bond acceptors (Lipinski definition) is 3. The molecule has 3 heteroatoms. The van der Waals surface area contributed by atoms with Crippen LogP contribution in [-0.2, 0) is 0 Å². The van der Waals surface area contributed by atoms with Crippen LogP contribution < -0.4 is 5.32 Å². The second-order valence-electron chi connectivity index (χ2n) is 6.17. The molecule has 2 nitrogen and oxygen atoms in total. The Bertz CT molecular complexity index is 582. The number of anilines is 1. The molecule has 0 atom stereocenters. The number of nitrogens with one attached hydrogen (secondary N) is 1. The topological polar surface area (TPSA) is 24.9 Å². The summed E-state index contributed by atoms with van der Waals surface area (Å²) in [7, 11) is 0. The lowest BCUT2D eigenvalue weighted by Crippen LogP contribution is -2.24. The van der Waals surface area contributed by atoms with Gasteiger partial charge >= 0.3 is 0 Å². The highest BCUT2D eigenvalue weighted by Gasteiger charge is 2.41. The molecule has 1 heterocycles. The van der Waals surface area contributed by atoms with Crippen LogP contribution in [-0.4, -0.2) is 11.0 Å². The van der Waals surface area contributed by atoms with Gasteiger partial charge in [0.2, 0.25) is 0 Å². The van der Waals surface area contributed by atoms with E-state index in [1.165, 1.54) is 36.9 Å². The first-order chi connectivity index (χ1) is 9.79. The maximum absolute atomic E-state index is 4.55. The van der Waals surface area contributed by atoms with Crippen molar-refractivity contribution in [1.29, 1.82) is 0 Å². The fraction of sp³-hybridized carbons (Fsp3) is 0.471. The highest BCUT2D eigenvalue weighted by molar-refractivity contribution is 7.09. The van der Waals surface area contributed by atoms with Crippen LogP contribution in [0.2, 0.25) is 0 Å². The predicted molar refractivity (Wildman–Crippen MR) is 85.1 cm³/mol. The molecule has 1 aromatic carbocycles. The molecule has 1 N–H and O–H groups in total. The summed E-state index contributed by atoms with van der Waals surface area (Å²) in [6, 6.07) is 9.52. The zero-order valence-electron chi connectivity index (χ0n) is 11.8. The number of rotatable bonds is 5. The third-order valence-corrected chi connectivity index (χ3v) is 5.17. The molecule has 104 valence electrons. The summed E-state index contributed by atoms with van der Waals surface area (Å²) in [6.07, 6.45) is 5.68. The van der Waals surface area contributed by atoms with Gasteiger partial charge in [0.1, 0.15) is 0 Å². The summed E-state index contributed by atoms with van der Waals surface area (Å²) >= 11 is 1.71. The van der Waals surface area contributed by atoms with E-state index >= 15 is 0 Å². The van der Waals surface area contributed by atoms with E-state index in [9.17, 15) is 0 Å². The van der Waals surface area contributed by atoms with Crippen LogP contribution in [0.3, 0.4) is 0 Å². The molecule has 0 spiro atoms. The Morgan fingerprint density at radius 2 is 1.75 bits per heavy atom. The number of thiazole rings is 1. The van der Waals surface area contributed by atoms with E-state index in [0.29, 0.717) is 0 Å². The molecule has 2 aromatic rings. The van der Waals surface area contributed by atoms with Crippen molar-refractivity contribution in [1.82, 2.24) is 4.98 Å². The molecule has 0 radical (unpaired) electrons. The molecule has 2 aliphatic carbocycles. The lowest BCUT2D eigenvalue weighted by atomic mass is 10.1. The number of aromatic nitrogens is 1. The maximum Gasteiger partial charge on any atom is 0.0901 e. The first kappa shape index (κ1) is 12.4. The molecular formula is C17H20N2S. The zero-order chi connectivity index (χ0) is 13.5. The summed E-state index contributed by atoms with van der Waals surface area (Å²) in [4.78, 5) is 4.55. The van der Waals surface area contributed by atoms with Gasteiger partial charge in [-0.3, -0.25) is 0 Å². The van der Waals surface area contributed by atoms with Gasteiger partial charge in [-0.25, -0.2) is 4.98 Å². The van der Waals surface area contributed by atoms with Crippen molar-refractivity contribution in [2.24, 2.45) is 11.8 Å². The molecule has 20 heavy (non-hydrogen) atoms. The van der Waals surface area contributed by atoms with Crippen LogP contribution in [0.4, 0.5) is 5.69 Å². The van der Waals surface area contributed by atoms with E-state index in [0.717, 1.165) is 28.6 Å². The van der Waals surface area contributed by atoms with Crippen molar-refractivity contribution in [3.63, 3.8) is 0 Å². The van der Waals surface area contributed by atoms with Crippen LogP contribution in [0, 0.1) is 18.8 Å². The van der Waals surface area contributed by atoms with Gasteiger partial charge in [-0.1, -0.05) is 12.1 Å². The van der Waals surface area contributed by atoms with Crippen molar-refractivity contribution in [3.05, 3.63) is 34.7 Å². The Kier molecular flexibility index (Phi) is 3.03. The van der Waals surface area contributed by atoms with Gasteiger partial charge in [0.05, 0.1) is 10.7 Å². The minimum absolute atomic E-state index is 0.724. The van der Waals surface area contributed by atoms with Gasteiger partial charge < -0.3 is 5.32 Å². The summed E-state index contributed by atoms with van der Waals surface area (Å²) in [5, 5.41) is 7.03. The molecule has 0 unspecified atom stereocenters. The monoisotopic (exact) mass is 284 g/mol. The Balaban J connectivity index is 1.49. The van der Waals surface area contributed by atoms with Gasteiger partial charge in [-0.2, -0.15) is 0 Å². The molecule has 0 amide bonds. The molecule has 2 aliphatic rings. The fourth-order valence-electron chi connectivity index (χ4n) is 2.96. The number of aryl methyl sites for hydroxylation is 1. The van der Waals surface area contributed by atoms with E-state index in [1.54, 1.807) is 11.3 Å². The molecule has 0 bridgehead atoms. The van der Waals surface area contributed by atoms with Crippen molar-refractivity contribution in [3.8, 4) is 11.3 Å². The maximum atomic E-state index is 4.55. The van der Waals surface area contributed by atoms with Crippen molar-refractivity contribution < 1.29 is 0 Å². The third kappa shape index (κ3) is 2.59. The average Bonchev–Trinajstić information content (AvgIpc) is 3.36. The van der Waals surface area contributed by atoms with Crippen molar-refractivity contribution in [2.45, 2.75) is 38.6 Å². The third-order valence-electron chi connectivity index (χ3n) is 4.39. The minimum Gasteiger partial charge on any atom is -0.382 e. The number of hydrogen-bond donors (Lipinski definition) is 1. The minimum atomic E-state index is 0.724. The van der Waals surface area contributed by atoms with Gasteiger partial charge in [-0.05, 0) is 56.6 Å². The summed E-state index contributed by atoms with van der Waals surface area (Å²) in [5.74, 6) is 1.87. The van der Waals surface area contributed by atoms with Gasteiger partial charge in [0, 0.05) is 22.7 Å². The van der Waals surface area contributed by atoms with Crippen LogP contribution in [0.25, 0.3) is 11.3 Å². The largest absolute Gasteiger partial charge is 0.382 e. The fourth-order valence-corrected chi connectivity index (χ4v) is 3.58. The normalized spacial score (nSPS) is 18.5. The highest BCUT2D eigenvalue weighted by atomic mass is 32.1. The summed E-state index contributed by atoms with van der Waals surface area (Å²) in [5.41, 5.74) is 3.58. The van der Waals surface area contributed by atoms with Crippen molar-refractivity contribution >= 4 is 17.0 Å². The van der Waals surface area contributed by atoms with E-state index in [4.69, 9.17) is 0 Å². The van der Waals surface area contributed by atoms with Gasteiger partial charge in [0.25, 0.3) is 0 Å². The number of benzene rings is 1. The van der Waals surface area contributed by atoms with Gasteiger partial charge in [0.15, 0.2) is 0 Å². The van der Waals surface area contributed by atoms with E-state index in [-0.39, 0.29) is 0 Å². The average molecular weight is 284 g/mol. The SMILES string of the molecule is Cc1nc(-c2ccc(NC(C3CC3)C3CC3)cc2)cs1. The quantitative estimate of drug-likeness (QED) is 0.859. The van der Waals surface area contributed by atoms with E-state index < -0.39 is 0 Å². The smallest absolute Gasteiger partial charge is 0.0901 e. The first-order valence-corrected chi connectivity index (χ1v) is 8.47. The van der Waals surface area contributed by atoms with Crippen LogP contribution in [0.5, 0.6) is 0 Å². The predicted octanol–water partition coefficient (Wildman–Crippen LogP) is 4.72. The van der Waals surface area contributed by atoms with E-state index in [1.807, 2.05) is 0 Å². The molecule has 2 fully saturated rings. The Hall–Kier alpha value is -1.35. The Labute approximate surface area is 124 Å². The highest BCUT2D eigenvalue weighted by Crippen LogP contribution is 2.45. The molecular weight excluding hydrogens is 264 g/mol. The second kappa shape index (κ2) is 4.88. The van der Waals surface area contributed by atoms with Gasteiger partial charge in [-0.15, -0.1) is 11.3 Å². The molecule has 0 saturated heterocycles. The molecule has 0 aliphatic heterocycles. The second-order valence-corrected chi connectivity index (χ2v) is 7.24. The summed E-state index contributed by atoms with van der Waals surface area (Å²) < 4.78 is 0. The lowest BCUT2D eigenvalue weighted by molar-refractivity contribution is 0.568. The van der Waals surface area contributed by atoms with Crippen LogP contribution in [0.15, 0.2) is 29.6 Å². The standard InChI is InChI=1S/C17H20N2S/c1-11-18-16(10-20-11)12-6-8-15(9-7-12)19-17(13-2-3-13)14-4-5-14/h6-10,13-14,17,19H,2-5H2,1H3. The lowest BCUT2D eigenvalue weighted by Gasteiger charge is -2.19. The Morgan fingerprint density at radius 1 is 1.10 bits per heavy atom. The zero-order valence-corrected chi connectivity index (χ0v) is 12.6. The van der Waals surface area contributed by atoms with Crippen LogP contribution >= 0.6 is 11.3 Å². The summed E-state index contributed by atoms with van der Waals surface area (Å²) in [6.45, 7) is 2.06.